The molecule has 0 saturated heterocycles. The van der Waals surface area contributed by atoms with Gasteiger partial charge in [0.2, 0.25) is 0 Å². The van der Waals surface area contributed by atoms with Crippen LogP contribution in [0.4, 0.5) is 0 Å². The number of benzene rings is 3. The Hall–Kier alpha value is -4.40. The lowest BCUT2D eigenvalue weighted by atomic mass is 10.00. The van der Waals surface area contributed by atoms with Crippen molar-refractivity contribution in [2.45, 2.75) is 0 Å². The van der Waals surface area contributed by atoms with Gasteiger partial charge in [-0.1, -0.05) is 35.8 Å². The van der Waals surface area contributed by atoms with E-state index in [-0.39, 0.29) is 0 Å². The first-order valence-corrected chi connectivity index (χ1v) is 9.65. The molecule has 2 heteroatoms. The van der Waals surface area contributed by atoms with Gasteiger partial charge < -0.3 is 0 Å². The van der Waals surface area contributed by atoms with E-state index in [9.17, 15) is 0 Å². The maximum absolute atomic E-state index is 4.03. The minimum absolute atomic E-state index is 0.959. The second kappa shape index (κ2) is 7.92. The van der Waals surface area contributed by atoms with Crippen molar-refractivity contribution in [3.63, 3.8) is 0 Å². The van der Waals surface area contributed by atoms with E-state index in [1.165, 1.54) is 21.5 Å². The topological polar surface area (TPSA) is 25.8 Å². The third kappa shape index (κ3) is 3.90. The van der Waals surface area contributed by atoms with Gasteiger partial charge in [0.15, 0.2) is 0 Å². The lowest BCUT2D eigenvalue weighted by molar-refractivity contribution is 1.32. The number of nitrogens with zero attached hydrogens (tertiary/aromatic N) is 2. The molecule has 5 rings (SSSR count). The van der Waals surface area contributed by atoms with Crippen molar-refractivity contribution in [1.82, 2.24) is 9.97 Å². The summed E-state index contributed by atoms with van der Waals surface area (Å²) in [6.07, 6.45) is 7.02. The van der Waals surface area contributed by atoms with Crippen LogP contribution in [0.2, 0.25) is 0 Å². The third-order valence-corrected chi connectivity index (χ3v) is 4.86. The van der Waals surface area contributed by atoms with Crippen LogP contribution in [0.1, 0.15) is 22.3 Å². The van der Waals surface area contributed by atoms with Gasteiger partial charge in [0.05, 0.1) is 0 Å². The van der Waals surface area contributed by atoms with Crippen LogP contribution in [0.15, 0.2) is 97.6 Å². The number of pyridine rings is 2. The molecule has 5 aromatic rings. The molecule has 30 heavy (non-hydrogen) atoms. The highest BCUT2D eigenvalue weighted by Crippen LogP contribution is 2.24. The third-order valence-electron chi connectivity index (χ3n) is 4.86. The zero-order chi connectivity index (χ0) is 20.2. The van der Waals surface area contributed by atoms with Gasteiger partial charge in [0.1, 0.15) is 0 Å². The van der Waals surface area contributed by atoms with Crippen LogP contribution in [0.3, 0.4) is 0 Å². The van der Waals surface area contributed by atoms with Crippen LogP contribution in [0.25, 0.3) is 21.5 Å². The predicted molar refractivity (Wildman–Crippen MR) is 122 cm³/mol. The fraction of sp³-hybridized carbons (Fsp3) is 0. The summed E-state index contributed by atoms with van der Waals surface area (Å²) < 4.78 is 0. The van der Waals surface area contributed by atoms with E-state index in [4.69, 9.17) is 0 Å². The summed E-state index contributed by atoms with van der Waals surface area (Å²) in [5, 5.41) is 4.74. The summed E-state index contributed by atoms with van der Waals surface area (Å²) in [5.41, 5.74) is 3.90. The highest BCUT2D eigenvalue weighted by Gasteiger charge is 2.00. The molecule has 0 bridgehead atoms. The minimum Gasteiger partial charge on any atom is -0.265 e. The zero-order valence-electron chi connectivity index (χ0n) is 16.1. The number of fused-ring (bicyclic) bond motifs is 2. The van der Waals surface area contributed by atoms with Crippen molar-refractivity contribution in [3.8, 4) is 23.7 Å². The van der Waals surface area contributed by atoms with Crippen LogP contribution in [0, 0.1) is 23.7 Å². The quantitative estimate of drug-likeness (QED) is 0.259. The zero-order valence-corrected chi connectivity index (χ0v) is 16.1. The largest absolute Gasteiger partial charge is 0.265 e. The SMILES string of the molecule is C(#Cc1ccc2cc3ccc(C#Cc4ccncc4)cc3cc2c1)c1ccncc1. The first-order valence-electron chi connectivity index (χ1n) is 9.65. The second-order valence-electron chi connectivity index (χ2n) is 6.95. The number of hydrogen-bond donors (Lipinski definition) is 0. The molecule has 0 unspecified atom stereocenters. The summed E-state index contributed by atoms with van der Waals surface area (Å²) >= 11 is 0. The Labute approximate surface area is 175 Å². The maximum atomic E-state index is 4.03. The van der Waals surface area contributed by atoms with E-state index < -0.39 is 0 Å². The molecular formula is C28H16N2. The molecule has 0 N–H and O–H groups in total. The summed E-state index contributed by atoms with van der Waals surface area (Å²) in [6, 6.07) is 24.7. The Morgan fingerprint density at radius 1 is 0.367 bits per heavy atom. The van der Waals surface area contributed by atoms with Gasteiger partial charge in [0.25, 0.3) is 0 Å². The lowest BCUT2D eigenvalue weighted by Crippen LogP contribution is -1.82. The minimum atomic E-state index is 0.959. The molecule has 0 aliphatic rings. The molecule has 2 nitrogen and oxygen atoms in total. The molecule has 0 aliphatic carbocycles. The van der Waals surface area contributed by atoms with E-state index in [1.54, 1.807) is 24.8 Å². The van der Waals surface area contributed by atoms with Crippen molar-refractivity contribution in [3.05, 3.63) is 120 Å². The molecule has 0 radical (unpaired) electrons. The monoisotopic (exact) mass is 380 g/mol. The number of hydrogen-bond acceptors (Lipinski definition) is 2. The van der Waals surface area contributed by atoms with Crippen LogP contribution in [-0.2, 0) is 0 Å². The van der Waals surface area contributed by atoms with E-state index in [0.717, 1.165) is 22.3 Å². The Morgan fingerprint density at radius 2 is 0.767 bits per heavy atom. The van der Waals surface area contributed by atoms with Gasteiger partial charge in [-0.05, 0) is 82.2 Å². The smallest absolute Gasteiger partial charge is 0.0280 e. The van der Waals surface area contributed by atoms with Gasteiger partial charge in [-0.3, -0.25) is 9.97 Å². The summed E-state index contributed by atoms with van der Waals surface area (Å²) in [6.45, 7) is 0. The number of aromatic nitrogens is 2. The van der Waals surface area contributed by atoms with Crippen LogP contribution in [0.5, 0.6) is 0 Å². The van der Waals surface area contributed by atoms with E-state index >= 15 is 0 Å². The average Bonchev–Trinajstić information content (AvgIpc) is 2.81. The Bertz CT molecular complexity index is 1370. The Morgan fingerprint density at radius 3 is 1.23 bits per heavy atom. The highest BCUT2D eigenvalue weighted by atomic mass is 14.6. The lowest BCUT2D eigenvalue weighted by Gasteiger charge is -2.04. The molecule has 3 aromatic carbocycles. The van der Waals surface area contributed by atoms with Gasteiger partial charge in [-0.15, -0.1) is 0 Å². The summed E-state index contributed by atoms with van der Waals surface area (Å²) in [4.78, 5) is 8.06. The van der Waals surface area contributed by atoms with E-state index in [2.05, 4.69) is 82.2 Å². The molecular weight excluding hydrogens is 364 g/mol. The fourth-order valence-corrected chi connectivity index (χ4v) is 3.31. The van der Waals surface area contributed by atoms with Gasteiger partial charge in [0, 0.05) is 47.0 Å². The summed E-state index contributed by atoms with van der Waals surface area (Å²) in [5.74, 6) is 12.9. The molecule has 0 amide bonds. The molecule has 0 saturated carbocycles. The van der Waals surface area contributed by atoms with Crippen molar-refractivity contribution in [1.29, 1.82) is 0 Å². The molecule has 0 atom stereocenters. The normalized spacial score (nSPS) is 10.1. The van der Waals surface area contributed by atoms with Crippen molar-refractivity contribution in [2.75, 3.05) is 0 Å². The summed E-state index contributed by atoms with van der Waals surface area (Å²) in [7, 11) is 0. The predicted octanol–water partition coefficient (Wildman–Crippen LogP) is 5.58. The van der Waals surface area contributed by atoms with Gasteiger partial charge >= 0.3 is 0 Å². The second-order valence-corrected chi connectivity index (χ2v) is 6.95. The fourth-order valence-electron chi connectivity index (χ4n) is 3.31. The van der Waals surface area contributed by atoms with Crippen LogP contribution in [-0.4, -0.2) is 9.97 Å². The van der Waals surface area contributed by atoms with E-state index in [0.29, 0.717) is 0 Å². The van der Waals surface area contributed by atoms with Crippen LogP contribution >= 0.6 is 0 Å². The standard InChI is InChI=1S/C28H16N2/c1(21-9-13-29-14-10-21)3-23-5-7-25-19-26-8-6-24(18-28(26)20-27(25)17-23)4-2-22-11-15-30-16-12-22/h5-20H. The molecule has 2 aromatic heterocycles. The highest BCUT2D eigenvalue weighted by molar-refractivity contribution is 5.99. The van der Waals surface area contributed by atoms with Gasteiger partial charge in [-0.2, -0.15) is 0 Å². The Kier molecular flexibility index (Phi) is 4.67. The maximum Gasteiger partial charge on any atom is 0.0280 e. The molecule has 0 fully saturated rings. The molecule has 138 valence electrons. The first-order chi connectivity index (χ1) is 14.8. The number of rotatable bonds is 0. The van der Waals surface area contributed by atoms with Crippen molar-refractivity contribution in [2.24, 2.45) is 0 Å². The molecule has 0 aliphatic heterocycles. The Balaban J connectivity index is 1.51. The average molecular weight is 380 g/mol. The van der Waals surface area contributed by atoms with E-state index in [1.807, 2.05) is 24.3 Å². The van der Waals surface area contributed by atoms with Crippen molar-refractivity contribution < 1.29 is 0 Å². The molecule has 2 heterocycles. The van der Waals surface area contributed by atoms with Crippen LogP contribution < -0.4 is 0 Å². The van der Waals surface area contributed by atoms with Gasteiger partial charge in [-0.25, -0.2) is 0 Å². The molecule has 0 spiro atoms. The van der Waals surface area contributed by atoms with Crippen molar-refractivity contribution >= 4 is 21.5 Å². The first kappa shape index (κ1) is 17.7.